The van der Waals surface area contributed by atoms with Crippen molar-refractivity contribution in [1.29, 1.82) is 0 Å². The molecule has 0 radical (unpaired) electrons. The largest absolute Gasteiger partial charge is 0.350 e. The van der Waals surface area contributed by atoms with Gasteiger partial charge in [0.1, 0.15) is 0 Å². The van der Waals surface area contributed by atoms with Crippen LogP contribution >= 0.6 is 0 Å². The molecule has 1 aromatic rings. The maximum absolute atomic E-state index is 10.9. The number of hydrogen-bond donors (Lipinski definition) is 1. The monoisotopic (exact) mass is 188 g/mol. The fourth-order valence-corrected chi connectivity index (χ4v) is 1.48. The summed E-state index contributed by atoms with van der Waals surface area (Å²) < 4.78 is 0. The highest BCUT2D eigenvalue weighted by atomic mass is 16.1. The Kier molecular flexibility index (Phi) is 2.58. The minimum atomic E-state index is 0.148. The van der Waals surface area contributed by atoms with Crippen LogP contribution in [0.5, 0.6) is 0 Å². The van der Waals surface area contributed by atoms with E-state index in [1.54, 1.807) is 12.4 Å². The summed E-state index contributed by atoms with van der Waals surface area (Å²) in [5.74, 6) is 0.148. The smallest absolute Gasteiger partial charge is 0.220 e. The van der Waals surface area contributed by atoms with Crippen LogP contribution in [0, 0.1) is 0 Å². The molecule has 0 aliphatic carbocycles. The van der Waals surface area contributed by atoms with E-state index >= 15 is 0 Å². The molecule has 1 N–H and O–H groups in total. The summed E-state index contributed by atoms with van der Waals surface area (Å²) in [5, 5.41) is 2.88. The first-order valence-electron chi connectivity index (χ1n) is 4.72. The number of aromatic nitrogens is 1. The number of carbonyl (C=O) groups is 1. The van der Waals surface area contributed by atoms with E-state index in [1.807, 2.05) is 24.3 Å². The van der Waals surface area contributed by atoms with Crippen LogP contribution in [0.4, 0.5) is 0 Å². The van der Waals surface area contributed by atoms with E-state index in [9.17, 15) is 4.79 Å². The van der Waals surface area contributed by atoms with Gasteiger partial charge in [-0.3, -0.25) is 9.78 Å². The number of amides is 1. The molecule has 0 bridgehead atoms. The zero-order valence-corrected chi connectivity index (χ0v) is 7.81. The van der Waals surface area contributed by atoms with E-state index in [0.717, 1.165) is 12.0 Å². The van der Waals surface area contributed by atoms with Crippen molar-refractivity contribution in [3.05, 3.63) is 36.2 Å². The van der Waals surface area contributed by atoms with Crippen molar-refractivity contribution in [1.82, 2.24) is 10.3 Å². The summed E-state index contributed by atoms with van der Waals surface area (Å²) in [5.41, 5.74) is 1.11. The molecular formula is C11H12N2O. The van der Waals surface area contributed by atoms with Crippen molar-refractivity contribution in [3.8, 4) is 0 Å². The summed E-state index contributed by atoms with van der Waals surface area (Å²) in [7, 11) is 0. The Labute approximate surface area is 82.9 Å². The standard InChI is InChI=1S/C11H12N2O/c14-11-4-3-10(13-11)2-1-9-5-7-12-8-6-9/h1-2,5-8,10H,3-4H2,(H,13,14)/b2-1+/t10-/m0/s1. The van der Waals surface area contributed by atoms with Gasteiger partial charge in [-0.25, -0.2) is 0 Å². The molecule has 3 heteroatoms. The van der Waals surface area contributed by atoms with Gasteiger partial charge in [-0.1, -0.05) is 12.2 Å². The molecular weight excluding hydrogens is 176 g/mol. The van der Waals surface area contributed by atoms with Crippen LogP contribution in [0.15, 0.2) is 30.6 Å². The number of rotatable bonds is 2. The second-order valence-electron chi connectivity index (χ2n) is 3.35. The molecule has 0 aromatic carbocycles. The number of hydrogen-bond acceptors (Lipinski definition) is 2. The Hall–Kier alpha value is -1.64. The lowest BCUT2D eigenvalue weighted by Crippen LogP contribution is -2.22. The van der Waals surface area contributed by atoms with Gasteiger partial charge in [-0.15, -0.1) is 0 Å². The summed E-state index contributed by atoms with van der Waals surface area (Å²) in [6.07, 6.45) is 9.10. The average molecular weight is 188 g/mol. The van der Waals surface area contributed by atoms with Crippen LogP contribution in [-0.2, 0) is 4.79 Å². The van der Waals surface area contributed by atoms with E-state index in [-0.39, 0.29) is 11.9 Å². The number of nitrogens with zero attached hydrogens (tertiary/aromatic N) is 1. The zero-order valence-electron chi connectivity index (χ0n) is 7.81. The molecule has 1 atom stereocenters. The van der Waals surface area contributed by atoms with Crippen LogP contribution < -0.4 is 5.32 Å². The van der Waals surface area contributed by atoms with Crippen LogP contribution in [0.2, 0.25) is 0 Å². The van der Waals surface area contributed by atoms with Crippen molar-refractivity contribution in [2.75, 3.05) is 0 Å². The first-order chi connectivity index (χ1) is 6.84. The van der Waals surface area contributed by atoms with Crippen LogP contribution in [0.1, 0.15) is 18.4 Å². The van der Waals surface area contributed by atoms with E-state index < -0.39 is 0 Å². The minimum absolute atomic E-state index is 0.148. The molecule has 1 fully saturated rings. The van der Waals surface area contributed by atoms with Gasteiger partial charge < -0.3 is 5.32 Å². The van der Waals surface area contributed by atoms with Gasteiger partial charge in [0.05, 0.1) is 0 Å². The molecule has 1 saturated heterocycles. The third-order valence-corrected chi connectivity index (χ3v) is 2.26. The Morgan fingerprint density at radius 2 is 2.21 bits per heavy atom. The van der Waals surface area contributed by atoms with Gasteiger partial charge in [0.2, 0.25) is 5.91 Å². The number of pyridine rings is 1. The van der Waals surface area contributed by atoms with Crippen molar-refractivity contribution < 1.29 is 4.79 Å². The quantitative estimate of drug-likeness (QED) is 0.761. The van der Waals surface area contributed by atoms with Crippen molar-refractivity contribution >= 4 is 12.0 Å². The van der Waals surface area contributed by atoms with Crippen molar-refractivity contribution in [3.63, 3.8) is 0 Å². The molecule has 1 aliphatic rings. The highest BCUT2D eigenvalue weighted by Gasteiger charge is 2.17. The molecule has 2 heterocycles. The average Bonchev–Trinajstić information content (AvgIpc) is 2.63. The normalized spacial score (nSPS) is 21.4. The summed E-state index contributed by atoms with van der Waals surface area (Å²) in [6.45, 7) is 0. The van der Waals surface area contributed by atoms with Gasteiger partial charge in [0, 0.05) is 24.9 Å². The van der Waals surface area contributed by atoms with Gasteiger partial charge in [0.25, 0.3) is 0 Å². The third kappa shape index (κ3) is 2.19. The van der Waals surface area contributed by atoms with E-state index in [4.69, 9.17) is 0 Å². The Morgan fingerprint density at radius 1 is 1.43 bits per heavy atom. The highest BCUT2D eigenvalue weighted by Crippen LogP contribution is 2.09. The minimum Gasteiger partial charge on any atom is -0.350 e. The lowest BCUT2D eigenvalue weighted by atomic mass is 10.2. The molecule has 1 amide bonds. The second kappa shape index (κ2) is 4.05. The maximum atomic E-state index is 10.9. The fraction of sp³-hybridized carbons (Fsp3) is 0.273. The van der Waals surface area contributed by atoms with Crippen LogP contribution in [0.25, 0.3) is 6.08 Å². The highest BCUT2D eigenvalue weighted by molar-refractivity contribution is 5.79. The molecule has 0 saturated carbocycles. The Morgan fingerprint density at radius 3 is 2.86 bits per heavy atom. The summed E-state index contributed by atoms with van der Waals surface area (Å²) in [4.78, 5) is 14.8. The van der Waals surface area contributed by atoms with Gasteiger partial charge in [-0.2, -0.15) is 0 Å². The molecule has 1 aromatic heterocycles. The SMILES string of the molecule is O=C1CC[C@H](/C=C/c2ccncc2)N1. The van der Waals surface area contributed by atoms with E-state index in [2.05, 4.69) is 10.3 Å². The zero-order chi connectivity index (χ0) is 9.80. The molecule has 14 heavy (non-hydrogen) atoms. The van der Waals surface area contributed by atoms with Gasteiger partial charge >= 0.3 is 0 Å². The van der Waals surface area contributed by atoms with Gasteiger partial charge in [-0.05, 0) is 24.1 Å². The Bertz CT molecular complexity index is 346. The predicted octanol–water partition coefficient (Wildman–Crippen LogP) is 1.37. The lowest BCUT2D eigenvalue weighted by molar-refractivity contribution is -0.119. The topological polar surface area (TPSA) is 42.0 Å². The van der Waals surface area contributed by atoms with Crippen molar-refractivity contribution in [2.24, 2.45) is 0 Å². The van der Waals surface area contributed by atoms with Crippen LogP contribution in [0.3, 0.4) is 0 Å². The molecule has 72 valence electrons. The first kappa shape index (κ1) is 8.94. The number of carbonyl (C=O) groups excluding carboxylic acids is 1. The fourth-order valence-electron chi connectivity index (χ4n) is 1.48. The summed E-state index contributed by atoms with van der Waals surface area (Å²) >= 11 is 0. The lowest BCUT2D eigenvalue weighted by Gasteiger charge is -2.01. The molecule has 1 aliphatic heterocycles. The van der Waals surface area contributed by atoms with Gasteiger partial charge in [0.15, 0.2) is 0 Å². The van der Waals surface area contributed by atoms with E-state index in [1.165, 1.54) is 0 Å². The number of nitrogens with one attached hydrogen (secondary N) is 1. The molecule has 2 rings (SSSR count). The molecule has 0 spiro atoms. The molecule has 0 unspecified atom stereocenters. The van der Waals surface area contributed by atoms with Crippen molar-refractivity contribution in [2.45, 2.75) is 18.9 Å². The Balaban J connectivity index is 1.97. The molecule has 3 nitrogen and oxygen atoms in total. The maximum Gasteiger partial charge on any atom is 0.220 e. The second-order valence-corrected chi connectivity index (χ2v) is 3.35. The summed E-state index contributed by atoms with van der Waals surface area (Å²) in [6, 6.07) is 4.08. The predicted molar refractivity (Wildman–Crippen MR) is 54.4 cm³/mol. The first-order valence-corrected chi connectivity index (χ1v) is 4.72. The van der Waals surface area contributed by atoms with E-state index in [0.29, 0.717) is 6.42 Å². The van der Waals surface area contributed by atoms with Crippen LogP contribution in [-0.4, -0.2) is 16.9 Å². The third-order valence-electron chi connectivity index (χ3n) is 2.26.